The van der Waals surface area contributed by atoms with Crippen LogP contribution in [0.1, 0.15) is 31.7 Å². The SMILES string of the molecule is CCCCC(=O)N/N=C/c1c(O)n(-c2cc(OC)ccc2OC)c(=S)[nH]c1=O. The Balaban J connectivity index is 2.49. The van der Waals surface area contributed by atoms with Crippen LogP contribution >= 0.6 is 12.2 Å². The normalized spacial score (nSPS) is 10.8. The van der Waals surface area contributed by atoms with Gasteiger partial charge < -0.3 is 14.6 Å². The topological polar surface area (TPSA) is 118 Å². The number of aromatic hydroxyl groups is 1. The third kappa shape index (κ3) is 4.77. The number of nitrogens with zero attached hydrogens (tertiary/aromatic N) is 2. The van der Waals surface area contributed by atoms with Gasteiger partial charge in [-0.3, -0.25) is 19.1 Å². The average molecular weight is 406 g/mol. The highest BCUT2D eigenvalue weighted by Gasteiger charge is 2.16. The number of hydrogen-bond acceptors (Lipinski definition) is 7. The molecule has 10 heteroatoms. The van der Waals surface area contributed by atoms with Crippen LogP contribution in [0.3, 0.4) is 0 Å². The Morgan fingerprint density at radius 3 is 2.79 bits per heavy atom. The van der Waals surface area contributed by atoms with Crippen molar-refractivity contribution in [1.29, 1.82) is 0 Å². The first-order valence-electron chi connectivity index (χ1n) is 8.55. The lowest BCUT2D eigenvalue weighted by atomic mass is 10.2. The standard InChI is InChI=1S/C18H22N4O5S/c1-4-5-6-15(23)21-19-10-12-16(24)20-18(28)22(17(12)25)13-9-11(26-2)7-8-14(13)27-3/h7-10,25H,4-6H2,1-3H3,(H,21,23)(H,20,24,28)/b19-10+. The van der Waals surface area contributed by atoms with Crippen molar-refractivity contribution in [2.75, 3.05) is 14.2 Å². The number of hydrogen-bond donors (Lipinski definition) is 3. The van der Waals surface area contributed by atoms with Crippen molar-refractivity contribution in [2.45, 2.75) is 26.2 Å². The molecule has 1 aromatic heterocycles. The fraction of sp³-hybridized carbons (Fsp3) is 0.333. The van der Waals surface area contributed by atoms with Crippen LogP contribution in [0, 0.1) is 4.77 Å². The molecule has 0 aliphatic rings. The number of nitrogens with one attached hydrogen (secondary N) is 2. The predicted octanol–water partition coefficient (Wildman–Crippen LogP) is 2.26. The second-order valence-corrected chi connectivity index (χ2v) is 6.15. The molecule has 0 aliphatic heterocycles. The van der Waals surface area contributed by atoms with E-state index < -0.39 is 11.4 Å². The van der Waals surface area contributed by atoms with Crippen LogP contribution in [-0.2, 0) is 4.79 Å². The molecule has 0 radical (unpaired) electrons. The van der Waals surface area contributed by atoms with Gasteiger partial charge in [0.05, 0.1) is 26.1 Å². The first-order valence-corrected chi connectivity index (χ1v) is 8.96. The maximum atomic E-state index is 12.2. The van der Waals surface area contributed by atoms with Crippen LogP contribution in [0.5, 0.6) is 17.4 Å². The van der Waals surface area contributed by atoms with Gasteiger partial charge in [0, 0.05) is 12.5 Å². The highest BCUT2D eigenvalue weighted by Crippen LogP contribution is 2.30. The molecule has 0 spiro atoms. The van der Waals surface area contributed by atoms with Gasteiger partial charge in [-0.15, -0.1) is 0 Å². The van der Waals surface area contributed by atoms with E-state index in [1.165, 1.54) is 18.8 Å². The van der Waals surface area contributed by atoms with Gasteiger partial charge >= 0.3 is 0 Å². The van der Waals surface area contributed by atoms with E-state index in [-0.39, 0.29) is 16.2 Å². The minimum Gasteiger partial charge on any atom is -0.497 e. The summed E-state index contributed by atoms with van der Waals surface area (Å²) in [5.41, 5.74) is 1.87. The van der Waals surface area contributed by atoms with Gasteiger partial charge in [0.2, 0.25) is 11.8 Å². The van der Waals surface area contributed by atoms with Crippen LogP contribution in [0.15, 0.2) is 28.1 Å². The molecule has 0 saturated heterocycles. The van der Waals surface area contributed by atoms with E-state index in [4.69, 9.17) is 21.7 Å². The van der Waals surface area contributed by atoms with Gasteiger partial charge in [-0.1, -0.05) is 13.3 Å². The Labute approximate surface area is 166 Å². The lowest BCUT2D eigenvalue weighted by Crippen LogP contribution is -2.21. The zero-order chi connectivity index (χ0) is 20.7. The molecule has 0 aliphatic carbocycles. The Kier molecular flexibility index (Phi) is 7.33. The highest BCUT2D eigenvalue weighted by atomic mass is 32.1. The lowest BCUT2D eigenvalue weighted by molar-refractivity contribution is -0.121. The average Bonchev–Trinajstić information content (AvgIpc) is 2.68. The van der Waals surface area contributed by atoms with Crippen LogP contribution in [0.4, 0.5) is 0 Å². The van der Waals surface area contributed by atoms with Crippen molar-refractivity contribution in [3.05, 3.63) is 38.9 Å². The van der Waals surface area contributed by atoms with Gasteiger partial charge in [0.25, 0.3) is 5.56 Å². The Morgan fingerprint density at radius 1 is 1.39 bits per heavy atom. The molecule has 0 saturated carbocycles. The van der Waals surface area contributed by atoms with E-state index in [0.717, 1.165) is 19.1 Å². The van der Waals surface area contributed by atoms with Gasteiger partial charge in [0.15, 0.2) is 4.77 Å². The fourth-order valence-corrected chi connectivity index (χ4v) is 2.69. The van der Waals surface area contributed by atoms with Crippen LogP contribution < -0.4 is 20.5 Å². The van der Waals surface area contributed by atoms with Crippen LogP contribution in [-0.4, -0.2) is 41.0 Å². The summed E-state index contributed by atoms with van der Waals surface area (Å²) in [6.45, 7) is 1.97. The van der Waals surface area contributed by atoms with E-state index in [0.29, 0.717) is 23.6 Å². The van der Waals surface area contributed by atoms with Crippen molar-refractivity contribution in [3.63, 3.8) is 0 Å². The number of amides is 1. The number of carbonyl (C=O) groups is 1. The molecule has 3 N–H and O–H groups in total. The molecule has 0 atom stereocenters. The maximum Gasteiger partial charge on any atom is 0.264 e. The molecule has 2 aromatic rings. The molecule has 1 heterocycles. The molecule has 1 amide bonds. The largest absolute Gasteiger partial charge is 0.497 e. The monoisotopic (exact) mass is 406 g/mol. The predicted molar refractivity (Wildman–Crippen MR) is 107 cm³/mol. The smallest absolute Gasteiger partial charge is 0.264 e. The Morgan fingerprint density at radius 2 is 2.14 bits per heavy atom. The van der Waals surface area contributed by atoms with Gasteiger partial charge in [-0.05, 0) is 30.8 Å². The van der Waals surface area contributed by atoms with Crippen molar-refractivity contribution in [3.8, 4) is 23.1 Å². The van der Waals surface area contributed by atoms with Crippen molar-refractivity contribution in [1.82, 2.24) is 15.0 Å². The third-order valence-corrected chi connectivity index (χ3v) is 4.17. The summed E-state index contributed by atoms with van der Waals surface area (Å²) in [6.07, 6.45) is 2.99. The second-order valence-electron chi connectivity index (χ2n) is 5.77. The summed E-state index contributed by atoms with van der Waals surface area (Å²) in [5, 5.41) is 14.4. The molecule has 0 unspecified atom stereocenters. The van der Waals surface area contributed by atoms with Gasteiger partial charge in [-0.25, -0.2) is 5.43 Å². The Bertz CT molecular complexity index is 996. The number of unbranched alkanes of at least 4 members (excludes halogenated alkanes) is 1. The highest BCUT2D eigenvalue weighted by molar-refractivity contribution is 7.71. The maximum absolute atomic E-state index is 12.2. The van der Waals surface area contributed by atoms with Crippen molar-refractivity contribution in [2.24, 2.45) is 5.10 Å². The van der Waals surface area contributed by atoms with Gasteiger partial charge in [-0.2, -0.15) is 5.10 Å². The summed E-state index contributed by atoms with van der Waals surface area (Å²) >= 11 is 5.19. The molecule has 0 fully saturated rings. The molecular weight excluding hydrogens is 384 g/mol. The van der Waals surface area contributed by atoms with E-state index in [1.807, 2.05) is 6.92 Å². The summed E-state index contributed by atoms with van der Waals surface area (Å²) in [5.74, 6) is 0.167. The number of carbonyl (C=O) groups excluding carboxylic acids is 1. The summed E-state index contributed by atoms with van der Waals surface area (Å²) in [6, 6.07) is 4.92. The van der Waals surface area contributed by atoms with E-state index in [2.05, 4.69) is 15.5 Å². The molecule has 28 heavy (non-hydrogen) atoms. The quantitative estimate of drug-likeness (QED) is 0.352. The third-order valence-electron chi connectivity index (χ3n) is 3.89. The first-order chi connectivity index (χ1) is 13.4. The van der Waals surface area contributed by atoms with Crippen molar-refractivity contribution < 1.29 is 19.4 Å². The molecule has 0 bridgehead atoms. The van der Waals surface area contributed by atoms with Gasteiger partial charge in [0.1, 0.15) is 17.1 Å². The lowest BCUT2D eigenvalue weighted by Gasteiger charge is -2.15. The zero-order valence-electron chi connectivity index (χ0n) is 15.8. The van der Waals surface area contributed by atoms with Crippen molar-refractivity contribution >= 4 is 24.3 Å². The second kappa shape index (κ2) is 9.70. The van der Waals surface area contributed by atoms with E-state index >= 15 is 0 Å². The number of aromatic amines is 1. The zero-order valence-corrected chi connectivity index (χ0v) is 16.6. The van der Waals surface area contributed by atoms with Crippen LogP contribution in [0.25, 0.3) is 5.69 Å². The molecule has 2 rings (SSSR count). The molecule has 1 aromatic carbocycles. The number of benzene rings is 1. The van der Waals surface area contributed by atoms with E-state index in [9.17, 15) is 14.7 Å². The minimum absolute atomic E-state index is 0.0433. The summed E-state index contributed by atoms with van der Waals surface area (Å²) in [7, 11) is 2.96. The first kappa shape index (κ1) is 21.2. The fourth-order valence-electron chi connectivity index (χ4n) is 2.41. The molecule has 150 valence electrons. The number of methoxy groups -OCH3 is 2. The van der Waals surface area contributed by atoms with E-state index in [1.54, 1.807) is 18.2 Å². The number of hydrazone groups is 1. The number of H-pyrrole nitrogens is 1. The minimum atomic E-state index is -0.646. The summed E-state index contributed by atoms with van der Waals surface area (Å²) in [4.78, 5) is 26.3. The summed E-state index contributed by atoms with van der Waals surface area (Å²) < 4.78 is 11.7. The Hall–Kier alpha value is -3.14. The number of ether oxygens (including phenoxy) is 2. The number of aromatic nitrogens is 2. The molecule has 9 nitrogen and oxygen atoms in total. The molecular formula is C18H22N4O5S. The number of rotatable bonds is 8. The van der Waals surface area contributed by atoms with Crippen LogP contribution in [0.2, 0.25) is 0 Å².